The average molecular weight is 234 g/mol. The lowest BCUT2D eigenvalue weighted by molar-refractivity contribution is 0.442. The Morgan fingerprint density at radius 3 is 2.65 bits per heavy atom. The van der Waals surface area contributed by atoms with Crippen LogP contribution in [0.25, 0.3) is 0 Å². The average Bonchev–Trinajstić information content (AvgIpc) is 2.49. The highest BCUT2D eigenvalue weighted by atomic mass is 16.3. The molecule has 90 valence electrons. The van der Waals surface area contributed by atoms with E-state index in [1.807, 2.05) is 0 Å². The molecule has 1 heterocycles. The lowest BCUT2D eigenvalue weighted by atomic mass is 9.84. The molecule has 1 aromatic rings. The van der Waals surface area contributed by atoms with Crippen LogP contribution in [0.2, 0.25) is 0 Å². The van der Waals surface area contributed by atoms with Gasteiger partial charge >= 0.3 is 0 Å². The van der Waals surface area contributed by atoms with E-state index >= 15 is 0 Å². The van der Waals surface area contributed by atoms with E-state index in [2.05, 4.69) is 10.2 Å². The first-order valence-corrected chi connectivity index (χ1v) is 5.79. The van der Waals surface area contributed by atoms with Crippen LogP contribution in [0.1, 0.15) is 43.6 Å². The summed E-state index contributed by atoms with van der Waals surface area (Å²) in [7, 11) is 0. The lowest BCUT2D eigenvalue weighted by Gasteiger charge is -2.20. The largest absolute Gasteiger partial charge is 0.492 e. The van der Waals surface area contributed by atoms with Crippen LogP contribution < -0.4 is 5.43 Å². The summed E-state index contributed by atoms with van der Waals surface area (Å²) < 4.78 is 0. The second-order valence-electron chi connectivity index (χ2n) is 4.33. The van der Waals surface area contributed by atoms with Gasteiger partial charge in [0.1, 0.15) is 0 Å². The van der Waals surface area contributed by atoms with E-state index in [0.717, 1.165) is 25.7 Å². The zero-order valence-electron chi connectivity index (χ0n) is 9.43. The number of aromatic nitrogens is 1. The summed E-state index contributed by atoms with van der Waals surface area (Å²) in [6.45, 7) is 0. The van der Waals surface area contributed by atoms with Crippen LogP contribution in [-0.4, -0.2) is 10.1 Å². The SMILES string of the molecule is O=Nc1c(O)nccc(C2CCCCC2)c1=O. The Morgan fingerprint density at radius 2 is 2.00 bits per heavy atom. The molecule has 0 aliphatic heterocycles. The lowest BCUT2D eigenvalue weighted by Crippen LogP contribution is -2.13. The van der Waals surface area contributed by atoms with Crippen molar-refractivity contribution >= 4 is 5.69 Å². The Bertz CT molecular complexity index is 482. The molecule has 1 N–H and O–H groups in total. The van der Waals surface area contributed by atoms with Crippen molar-refractivity contribution in [2.45, 2.75) is 38.0 Å². The molecule has 0 radical (unpaired) electrons. The summed E-state index contributed by atoms with van der Waals surface area (Å²) in [5.41, 5.74) is -0.412. The zero-order chi connectivity index (χ0) is 12.3. The van der Waals surface area contributed by atoms with Gasteiger partial charge in [-0.3, -0.25) is 4.79 Å². The Balaban J connectivity index is 2.51. The number of aromatic hydroxyl groups is 1. The van der Waals surface area contributed by atoms with Crippen molar-refractivity contribution in [3.05, 3.63) is 33.0 Å². The van der Waals surface area contributed by atoms with E-state index in [1.165, 1.54) is 12.6 Å². The summed E-state index contributed by atoms with van der Waals surface area (Å²) in [6, 6.07) is 1.59. The third-order valence-corrected chi connectivity index (χ3v) is 3.28. The van der Waals surface area contributed by atoms with Crippen LogP contribution in [0.15, 0.2) is 22.2 Å². The number of hydrogen-bond donors (Lipinski definition) is 1. The van der Waals surface area contributed by atoms with Gasteiger partial charge < -0.3 is 5.11 Å². The van der Waals surface area contributed by atoms with Crippen molar-refractivity contribution in [2.24, 2.45) is 5.18 Å². The fourth-order valence-corrected chi connectivity index (χ4v) is 2.38. The summed E-state index contributed by atoms with van der Waals surface area (Å²) in [4.78, 5) is 26.2. The number of hydrogen-bond acceptors (Lipinski definition) is 5. The van der Waals surface area contributed by atoms with E-state index in [-0.39, 0.29) is 5.92 Å². The van der Waals surface area contributed by atoms with Gasteiger partial charge in [0.05, 0.1) is 0 Å². The van der Waals surface area contributed by atoms with Crippen molar-refractivity contribution in [1.82, 2.24) is 4.98 Å². The molecule has 5 heteroatoms. The molecule has 0 spiro atoms. The molecular weight excluding hydrogens is 220 g/mol. The molecule has 0 atom stereocenters. The second kappa shape index (κ2) is 5.03. The van der Waals surface area contributed by atoms with Crippen molar-refractivity contribution in [3.8, 4) is 5.88 Å². The number of nitrogens with zero attached hydrogens (tertiary/aromatic N) is 2. The minimum atomic E-state index is -0.591. The van der Waals surface area contributed by atoms with Gasteiger partial charge in [-0.25, -0.2) is 4.98 Å². The van der Waals surface area contributed by atoms with Crippen LogP contribution in [0.5, 0.6) is 5.88 Å². The molecular formula is C12H14N2O3. The maximum atomic E-state index is 12.0. The molecule has 1 fully saturated rings. The maximum absolute atomic E-state index is 12.0. The summed E-state index contributed by atoms with van der Waals surface area (Å²) in [5.74, 6) is -0.433. The van der Waals surface area contributed by atoms with Crippen molar-refractivity contribution in [2.75, 3.05) is 0 Å². The Morgan fingerprint density at radius 1 is 1.29 bits per heavy atom. The van der Waals surface area contributed by atoms with Gasteiger partial charge in [-0.1, -0.05) is 19.3 Å². The van der Waals surface area contributed by atoms with Crippen LogP contribution in [0, 0.1) is 4.91 Å². The quantitative estimate of drug-likeness (QED) is 0.797. The molecule has 1 aromatic heterocycles. The topological polar surface area (TPSA) is 79.6 Å². The fourth-order valence-electron chi connectivity index (χ4n) is 2.38. The molecule has 0 saturated heterocycles. The smallest absolute Gasteiger partial charge is 0.245 e. The highest BCUT2D eigenvalue weighted by molar-refractivity contribution is 5.47. The Hall–Kier alpha value is -1.78. The first-order valence-electron chi connectivity index (χ1n) is 5.79. The van der Waals surface area contributed by atoms with Crippen molar-refractivity contribution in [1.29, 1.82) is 0 Å². The van der Waals surface area contributed by atoms with E-state index in [1.54, 1.807) is 6.07 Å². The molecule has 1 saturated carbocycles. The minimum absolute atomic E-state index is 0.158. The maximum Gasteiger partial charge on any atom is 0.245 e. The normalized spacial score (nSPS) is 16.7. The second-order valence-corrected chi connectivity index (χ2v) is 4.33. The van der Waals surface area contributed by atoms with Crippen LogP contribution in [0.4, 0.5) is 5.69 Å². The van der Waals surface area contributed by atoms with Crippen molar-refractivity contribution < 1.29 is 5.11 Å². The molecule has 5 nitrogen and oxygen atoms in total. The molecule has 0 aromatic carbocycles. The highest BCUT2D eigenvalue weighted by Gasteiger charge is 2.20. The molecule has 2 rings (SSSR count). The van der Waals surface area contributed by atoms with Gasteiger partial charge in [-0.2, -0.15) is 0 Å². The predicted molar refractivity (Wildman–Crippen MR) is 63.5 cm³/mol. The molecule has 1 aliphatic rings. The standard InChI is InChI=1S/C12H14N2O3/c15-11-9(8-4-2-1-3-5-8)6-7-13-12(16)10(11)14-17/h6-8,16H,1-5H2. The van der Waals surface area contributed by atoms with Crippen molar-refractivity contribution in [3.63, 3.8) is 0 Å². The Labute approximate surface area is 98.5 Å². The van der Waals surface area contributed by atoms with E-state index in [0.29, 0.717) is 5.56 Å². The fraction of sp³-hybridized carbons (Fsp3) is 0.500. The molecule has 0 amide bonds. The highest BCUT2D eigenvalue weighted by Crippen LogP contribution is 2.31. The number of nitroso groups, excluding NO2 is 1. The van der Waals surface area contributed by atoms with Crippen LogP contribution in [0.3, 0.4) is 0 Å². The Kier molecular flexibility index (Phi) is 3.46. The first-order chi connectivity index (χ1) is 8.24. The van der Waals surface area contributed by atoms with Gasteiger partial charge in [-0.15, -0.1) is 4.91 Å². The molecule has 17 heavy (non-hydrogen) atoms. The van der Waals surface area contributed by atoms with Crippen LogP contribution >= 0.6 is 0 Å². The van der Waals surface area contributed by atoms with Gasteiger partial charge in [0.25, 0.3) is 0 Å². The summed E-state index contributed by atoms with van der Waals surface area (Å²) in [6.07, 6.45) is 6.61. The van der Waals surface area contributed by atoms with Gasteiger partial charge in [0.15, 0.2) is 0 Å². The first kappa shape index (κ1) is 11.7. The third kappa shape index (κ3) is 2.33. The zero-order valence-corrected chi connectivity index (χ0v) is 9.43. The van der Waals surface area contributed by atoms with Gasteiger partial charge in [0.2, 0.25) is 17.0 Å². The third-order valence-electron chi connectivity index (χ3n) is 3.28. The number of rotatable bonds is 2. The van der Waals surface area contributed by atoms with E-state index in [4.69, 9.17) is 0 Å². The summed E-state index contributed by atoms with van der Waals surface area (Å²) in [5, 5.41) is 12.0. The van der Waals surface area contributed by atoms with Crippen LogP contribution in [-0.2, 0) is 0 Å². The molecule has 0 unspecified atom stereocenters. The minimum Gasteiger partial charge on any atom is -0.492 e. The molecule has 0 bridgehead atoms. The molecule has 1 aliphatic carbocycles. The van der Waals surface area contributed by atoms with E-state index < -0.39 is 17.0 Å². The monoisotopic (exact) mass is 234 g/mol. The predicted octanol–water partition coefficient (Wildman–Crippen LogP) is 2.59. The summed E-state index contributed by atoms with van der Waals surface area (Å²) >= 11 is 0. The van der Waals surface area contributed by atoms with E-state index in [9.17, 15) is 14.8 Å². The van der Waals surface area contributed by atoms with Gasteiger partial charge in [0, 0.05) is 11.8 Å². The van der Waals surface area contributed by atoms with Gasteiger partial charge in [-0.05, 0) is 30.0 Å².